The summed E-state index contributed by atoms with van der Waals surface area (Å²) >= 11 is 7.32. The van der Waals surface area contributed by atoms with E-state index in [0.717, 1.165) is 21.3 Å². The third-order valence-electron chi connectivity index (χ3n) is 2.85. The van der Waals surface area contributed by atoms with Gasteiger partial charge in [0.1, 0.15) is 4.34 Å². The molecule has 0 saturated heterocycles. The normalized spacial score (nSPS) is 31.8. The highest BCUT2D eigenvalue weighted by molar-refractivity contribution is 7.19. The Morgan fingerprint density at radius 1 is 1.54 bits per heavy atom. The van der Waals surface area contributed by atoms with Gasteiger partial charge in [-0.25, -0.2) is 4.98 Å². The van der Waals surface area contributed by atoms with Crippen molar-refractivity contribution in [3.63, 3.8) is 0 Å². The van der Waals surface area contributed by atoms with Gasteiger partial charge in [0, 0.05) is 6.04 Å². The van der Waals surface area contributed by atoms with Crippen molar-refractivity contribution in [2.24, 2.45) is 11.8 Å². The van der Waals surface area contributed by atoms with Crippen LogP contribution in [-0.2, 0) is 0 Å². The summed E-state index contributed by atoms with van der Waals surface area (Å²) in [6.07, 6.45) is 5.94. The van der Waals surface area contributed by atoms with Gasteiger partial charge in [0.05, 0.1) is 6.20 Å². The summed E-state index contributed by atoms with van der Waals surface area (Å²) in [5, 5.41) is 4.42. The fourth-order valence-electron chi connectivity index (χ4n) is 1.91. The number of rotatable bonds is 3. The number of hydrogen-bond donors (Lipinski definition) is 1. The van der Waals surface area contributed by atoms with Crippen molar-refractivity contribution in [2.45, 2.75) is 25.3 Å². The maximum Gasteiger partial charge on any atom is 0.184 e. The molecule has 0 unspecified atom stereocenters. The van der Waals surface area contributed by atoms with E-state index in [1.54, 1.807) is 6.20 Å². The lowest BCUT2D eigenvalue weighted by Crippen LogP contribution is -2.04. The molecule has 1 heterocycles. The van der Waals surface area contributed by atoms with Gasteiger partial charge in [0.25, 0.3) is 0 Å². The van der Waals surface area contributed by atoms with E-state index in [9.17, 15) is 0 Å². The van der Waals surface area contributed by atoms with Gasteiger partial charge in [-0.15, -0.1) is 0 Å². The van der Waals surface area contributed by atoms with Crippen LogP contribution in [0.3, 0.4) is 0 Å². The Labute approximate surface area is 86.3 Å². The number of aromatic nitrogens is 1. The largest absolute Gasteiger partial charge is 0.358 e. The van der Waals surface area contributed by atoms with E-state index in [1.807, 2.05) is 0 Å². The summed E-state index contributed by atoms with van der Waals surface area (Å²) in [6, 6.07) is 0.690. The molecule has 4 heteroatoms. The van der Waals surface area contributed by atoms with E-state index in [1.165, 1.54) is 30.6 Å². The topological polar surface area (TPSA) is 24.9 Å². The van der Waals surface area contributed by atoms with Crippen LogP contribution >= 0.6 is 22.9 Å². The number of nitrogens with zero attached hydrogens (tertiary/aromatic N) is 1. The highest BCUT2D eigenvalue weighted by Gasteiger charge is 2.47. The maximum atomic E-state index is 5.79. The summed E-state index contributed by atoms with van der Waals surface area (Å²) < 4.78 is 0.770. The molecule has 0 radical (unpaired) electrons. The first kappa shape index (κ1) is 8.06. The molecule has 0 aromatic carbocycles. The summed E-state index contributed by atoms with van der Waals surface area (Å²) in [4.78, 5) is 4.19. The van der Waals surface area contributed by atoms with Crippen LogP contribution in [0.25, 0.3) is 0 Å². The van der Waals surface area contributed by atoms with Crippen molar-refractivity contribution in [3.05, 3.63) is 10.5 Å². The molecule has 1 N–H and O–H groups in total. The Morgan fingerprint density at radius 2 is 2.38 bits per heavy atom. The number of thiazole rings is 1. The van der Waals surface area contributed by atoms with Crippen molar-refractivity contribution in [1.82, 2.24) is 4.98 Å². The van der Waals surface area contributed by atoms with Gasteiger partial charge in [0.2, 0.25) is 0 Å². The van der Waals surface area contributed by atoms with E-state index in [4.69, 9.17) is 11.6 Å². The van der Waals surface area contributed by atoms with Crippen LogP contribution in [0.2, 0.25) is 4.34 Å². The first-order chi connectivity index (χ1) is 6.33. The van der Waals surface area contributed by atoms with Crippen LogP contribution in [0.5, 0.6) is 0 Å². The van der Waals surface area contributed by atoms with Crippen LogP contribution in [0.1, 0.15) is 19.3 Å². The van der Waals surface area contributed by atoms with Gasteiger partial charge in [-0.3, -0.25) is 0 Å². The fraction of sp³-hybridized carbons (Fsp3) is 0.667. The molecule has 70 valence electrons. The van der Waals surface area contributed by atoms with E-state index >= 15 is 0 Å². The second-order valence-electron chi connectivity index (χ2n) is 3.96. The van der Waals surface area contributed by atoms with E-state index in [2.05, 4.69) is 10.3 Å². The average molecular weight is 215 g/mol. The van der Waals surface area contributed by atoms with Gasteiger partial charge in [-0.05, 0) is 31.1 Å². The highest BCUT2D eigenvalue weighted by Crippen LogP contribution is 2.51. The zero-order chi connectivity index (χ0) is 8.84. The van der Waals surface area contributed by atoms with Crippen LogP contribution in [0, 0.1) is 11.8 Å². The Bertz CT molecular complexity index is 321. The van der Waals surface area contributed by atoms with Gasteiger partial charge in [0.15, 0.2) is 5.13 Å². The van der Waals surface area contributed by atoms with E-state index in [-0.39, 0.29) is 0 Å². The SMILES string of the molecule is Clc1cnc(N[C@@H]2C[C@H]2C2CC2)s1. The molecule has 0 aliphatic heterocycles. The third kappa shape index (κ3) is 1.67. The van der Waals surface area contributed by atoms with Gasteiger partial charge in [-0.2, -0.15) is 0 Å². The Kier molecular flexibility index (Phi) is 1.77. The molecule has 2 saturated carbocycles. The number of hydrogen-bond acceptors (Lipinski definition) is 3. The van der Waals surface area contributed by atoms with Crippen LogP contribution in [-0.4, -0.2) is 11.0 Å². The molecule has 0 amide bonds. The first-order valence-corrected chi connectivity index (χ1v) is 5.90. The average Bonchev–Trinajstić information content (AvgIpc) is 2.92. The fourth-order valence-corrected chi connectivity index (χ4v) is 2.78. The molecule has 2 atom stereocenters. The molecule has 1 aromatic heterocycles. The standard InChI is InChI=1S/C9H11ClN2S/c10-8-4-11-9(13-8)12-7-3-6(7)5-1-2-5/h4-7H,1-3H2,(H,11,12)/t6-,7+/m0/s1. The minimum absolute atomic E-state index is 0.690. The van der Waals surface area contributed by atoms with Crippen LogP contribution in [0.15, 0.2) is 6.20 Å². The summed E-state index contributed by atoms with van der Waals surface area (Å²) in [5.41, 5.74) is 0. The molecule has 2 fully saturated rings. The molecule has 2 aliphatic carbocycles. The third-order valence-corrected chi connectivity index (χ3v) is 3.90. The van der Waals surface area contributed by atoms with Gasteiger partial charge >= 0.3 is 0 Å². The van der Waals surface area contributed by atoms with Crippen LogP contribution < -0.4 is 5.32 Å². The van der Waals surface area contributed by atoms with Crippen molar-refractivity contribution >= 4 is 28.1 Å². The van der Waals surface area contributed by atoms with Crippen molar-refractivity contribution < 1.29 is 0 Å². The second-order valence-corrected chi connectivity index (χ2v) is 5.62. The number of halogens is 1. The minimum atomic E-state index is 0.690. The second kappa shape index (κ2) is 2.85. The summed E-state index contributed by atoms with van der Waals surface area (Å²) in [6.45, 7) is 0. The molecule has 3 rings (SSSR count). The lowest BCUT2D eigenvalue weighted by atomic mass is 10.3. The lowest BCUT2D eigenvalue weighted by molar-refractivity contribution is 0.697. The minimum Gasteiger partial charge on any atom is -0.358 e. The smallest absolute Gasteiger partial charge is 0.184 e. The lowest BCUT2D eigenvalue weighted by Gasteiger charge is -1.98. The first-order valence-electron chi connectivity index (χ1n) is 4.71. The van der Waals surface area contributed by atoms with Crippen LogP contribution in [0.4, 0.5) is 5.13 Å². The molecule has 13 heavy (non-hydrogen) atoms. The van der Waals surface area contributed by atoms with Crippen molar-refractivity contribution in [3.8, 4) is 0 Å². The predicted molar refractivity (Wildman–Crippen MR) is 55.4 cm³/mol. The van der Waals surface area contributed by atoms with E-state index < -0.39 is 0 Å². The molecular weight excluding hydrogens is 204 g/mol. The molecule has 0 spiro atoms. The zero-order valence-corrected chi connectivity index (χ0v) is 8.74. The van der Waals surface area contributed by atoms with Gasteiger partial charge in [-0.1, -0.05) is 22.9 Å². The monoisotopic (exact) mass is 214 g/mol. The van der Waals surface area contributed by atoms with Gasteiger partial charge < -0.3 is 5.32 Å². The van der Waals surface area contributed by atoms with Crippen molar-refractivity contribution in [2.75, 3.05) is 5.32 Å². The predicted octanol–water partition coefficient (Wildman–Crippen LogP) is 3.01. The Morgan fingerprint density at radius 3 is 3.00 bits per heavy atom. The molecule has 2 aliphatic rings. The number of anilines is 1. The zero-order valence-electron chi connectivity index (χ0n) is 7.16. The maximum absolute atomic E-state index is 5.79. The summed E-state index contributed by atoms with van der Waals surface area (Å²) in [5.74, 6) is 1.95. The Balaban J connectivity index is 1.58. The molecule has 1 aromatic rings. The summed E-state index contributed by atoms with van der Waals surface area (Å²) in [7, 11) is 0. The molecular formula is C9H11ClN2S. The molecule has 0 bridgehead atoms. The quantitative estimate of drug-likeness (QED) is 0.837. The van der Waals surface area contributed by atoms with E-state index in [0.29, 0.717) is 6.04 Å². The Hall–Kier alpha value is -0.280. The number of nitrogens with one attached hydrogen (secondary N) is 1. The molecule has 2 nitrogen and oxygen atoms in total. The van der Waals surface area contributed by atoms with Crippen molar-refractivity contribution in [1.29, 1.82) is 0 Å². The highest BCUT2D eigenvalue weighted by atomic mass is 35.5.